The van der Waals surface area contributed by atoms with Crippen molar-refractivity contribution in [1.82, 2.24) is 21.3 Å². The normalized spacial score (nSPS) is 20.3. The van der Waals surface area contributed by atoms with Crippen LogP contribution in [0.1, 0.15) is 0 Å². The number of hydrogen-bond acceptors (Lipinski definition) is 9. The molecular weight excluding hydrogens is 326 g/mol. The van der Waals surface area contributed by atoms with Crippen molar-refractivity contribution in [3.05, 3.63) is 38.4 Å². The Bertz CT molecular complexity index is 653. The molecule has 1 saturated heterocycles. The third kappa shape index (κ3) is 3.73. The predicted molar refractivity (Wildman–Crippen MR) is 84.0 cm³/mol. The molecule has 1 heterocycles. The molecule has 0 saturated carbocycles. The summed E-state index contributed by atoms with van der Waals surface area (Å²) in [5.41, 5.74) is 7.74. The molecule has 0 bridgehead atoms. The third-order valence-electron chi connectivity index (χ3n) is 3.13. The second-order valence-corrected chi connectivity index (χ2v) is 6.06. The van der Waals surface area contributed by atoms with Crippen molar-refractivity contribution in [2.24, 2.45) is 0 Å². The van der Waals surface area contributed by atoms with Crippen LogP contribution in [0, 0.1) is 25.6 Å². The molecule has 0 radical (unpaired) electrons. The van der Waals surface area contributed by atoms with Crippen molar-refractivity contribution in [3.63, 3.8) is 0 Å². The van der Waals surface area contributed by atoms with Crippen molar-refractivity contribution in [1.29, 1.82) is 5.41 Å². The van der Waals surface area contributed by atoms with Gasteiger partial charge in [0.2, 0.25) is 0 Å². The molecular formula is C11H15N7O4S. The van der Waals surface area contributed by atoms with Gasteiger partial charge in [-0.1, -0.05) is 11.8 Å². The molecule has 4 N–H and O–H groups in total. The van der Waals surface area contributed by atoms with Gasteiger partial charge in [-0.2, -0.15) is 5.53 Å². The largest absolute Gasteiger partial charge is 0.365 e. The first-order chi connectivity index (χ1) is 10.8. The molecule has 0 spiro atoms. The Balaban J connectivity index is 2.27. The minimum Gasteiger partial charge on any atom is -0.365 e. The maximum absolute atomic E-state index is 11.2. The molecule has 124 valence electrons. The Labute approximate surface area is 135 Å². The molecule has 1 aliphatic heterocycles. The van der Waals surface area contributed by atoms with Gasteiger partial charge in [-0.05, 0) is 6.07 Å². The van der Waals surface area contributed by atoms with E-state index in [4.69, 9.17) is 5.41 Å². The molecule has 0 aromatic heterocycles. The van der Waals surface area contributed by atoms with Crippen molar-refractivity contribution in [3.8, 4) is 0 Å². The fourth-order valence-electron chi connectivity index (χ4n) is 1.94. The molecule has 0 aliphatic carbocycles. The minimum atomic E-state index is -0.678. The summed E-state index contributed by atoms with van der Waals surface area (Å²) in [6.07, 6.45) is 0. The molecule has 1 aromatic rings. The van der Waals surface area contributed by atoms with Crippen LogP contribution in [0.2, 0.25) is 0 Å². The summed E-state index contributed by atoms with van der Waals surface area (Å²) in [4.78, 5) is 22.5. The lowest BCUT2D eigenvalue weighted by Gasteiger charge is -2.23. The first-order valence-corrected chi connectivity index (χ1v) is 7.30. The van der Waals surface area contributed by atoms with Crippen LogP contribution in [0.15, 0.2) is 23.1 Å². The van der Waals surface area contributed by atoms with Crippen molar-refractivity contribution < 1.29 is 9.85 Å². The van der Waals surface area contributed by atoms with Crippen molar-refractivity contribution in [2.45, 2.75) is 16.3 Å². The van der Waals surface area contributed by atoms with Crippen LogP contribution in [0.25, 0.3) is 0 Å². The van der Waals surface area contributed by atoms with Gasteiger partial charge in [0.1, 0.15) is 11.9 Å². The highest BCUT2D eigenvalue weighted by atomic mass is 32.2. The second-order valence-electron chi connectivity index (χ2n) is 4.88. The number of rotatable bonds is 5. The van der Waals surface area contributed by atoms with Gasteiger partial charge in [0.05, 0.1) is 26.2 Å². The Morgan fingerprint density at radius 2 is 1.96 bits per heavy atom. The summed E-state index contributed by atoms with van der Waals surface area (Å²) < 4.78 is 0. The van der Waals surface area contributed by atoms with E-state index < -0.39 is 21.3 Å². The topological polar surface area (TPSA) is 149 Å². The van der Waals surface area contributed by atoms with E-state index in [-0.39, 0.29) is 22.1 Å². The van der Waals surface area contributed by atoms with Crippen LogP contribution in [-0.4, -0.2) is 46.1 Å². The van der Waals surface area contributed by atoms with E-state index in [2.05, 4.69) is 16.4 Å². The zero-order valence-corrected chi connectivity index (χ0v) is 13.1. The number of hydrazine groups is 2. The highest BCUT2D eigenvalue weighted by molar-refractivity contribution is 8.00. The van der Waals surface area contributed by atoms with Crippen LogP contribution in [0.4, 0.5) is 11.4 Å². The standard InChI is InChI=1S/C11H15N7O4S/c1-16(2)10(12)9-11(14-15-13-9)23-8-4-3-6(17(19)20)5-7(8)18(21)22/h3-5,9,11-15H,1-2H3. The van der Waals surface area contributed by atoms with E-state index in [1.807, 2.05) is 0 Å². The van der Waals surface area contributed by atoms with Gasteiger partial charge >= 0.3 is 0 Å². The maximum Gasteiger partial charge on any atom is 0.289 e. The van der Waals surface area contributed by atoms with Crippen LogP contribution in [-0.2, 0) is 0 Å². The Hall–Kier alpha value is -2.28. The van der Waals surface area contributed by atoms with E-state index in [9.17, 15) is 20.2 Å². The Kier molecular flexibility index (Phi) is 5.10. The van der Waals surface area contributed by atoms with E-state index in [1.54, 1.807) is 19.0 Å². The van der Waals surface area contributed by atoms with Gasteiger partial charge in [0, 0.05) is 20.2 Å². The number of nitrogens with zero attached hydrogens (tertiary/aromatic N) is 3. The van der Waals surface area contributed by atoms with Gasteiger partial charge in [-0.25, -0.2) is 10.9 Å². The Morgan fingerprint density at radius 1 is 1.26 bits per heavy atom. The Morgan fingerprint density at radius 3 is 2.52 bits per heavy atom. The first kappa shape index (κ1) is 17.1. The summed E-state index contributed by atoms with van der Waals surface area (Å²) in [6.45, 7) is 0. The highest BCUT2D eigenvalue weighted by Crippen LogP contribution is 2.35. The predicted octanol–water partition coefficient (Wildman–Crippen LogP) is 0.441. The minimum absolute atomic E-state index is 0.278. The van der Waals surface area contributed by atoms with E-state index >= 15 is 0 Å². The number of amidine groups is 1. The summed E-state index contributed by atoms with van der Waals surface area (Å²) in [5.74, 6) is 0.282. The number of nitro groups is 2. The van der Waals surface area contributed by atoms with Gasteiger partial charge in [-0.3, -0.25) is 25.6 Å². The number of benzene rings is 1. The number of non-ortho nitro benzene ring substituents is 1. The quantitative estimate of drug-likeness (QED) is 0.259. The van der Waals surface area contributed by atoms with Crippen LogP contribution < -0.4 is 16.4 Å². The number of likely N-dealkylation sites (N-methyl/N-ethyl adjacent to an activating group) is 1. The van der Waals surface area contributed by atoms with Gasteiger partial charge in [-0.15, -0.1) is 0 Å². The molecule has 2 rings (SSSR count). The third-order valence-corrected chi connectivity index (χ3v) is 4.37. The number of hydrogen-bond donors (Lipinski definition) is 4. The lowest BCUT2D eigenvalue weighted by molar-refractivity contribution is -0.396. The fraction of sp³-hybridized carbons (Fsp3) is 0.364. The van der Waals surface area contributed by atoms with Crippen LogP contribution in [0.5, 0.6) is 0 Å². The van der Waals surface area contributed by atoms with Crippen molar-refractivity contribution in [2.75, 3.05) is 14.1 Å². The van der Waals surface area contributed by atoms with Crippen LogP contribution >= 0.6 is 11.8 Å². The van der Waals surface area contributed by atoms with Crippen LogP contribution in [0.3, 0.4) is 0 Å². The molecule has 2 unspecified atom stereocenters. The molecule has 0 amide bonds. The zero-order chi connectivity index (χ0) is 17.1. The van der Waals surface area contributed by atoms with Gasteiger partial charge in [0.15, 0.2) is 0 Å². The summed E-state index contributed by atoms with van der Waals surface area (Å²) >= 11 is 1.11. The zero-order valence-electron chi connectivity index (χ0n) is 12.3. The van der Waals surface area contributed by atoms with E-state index in [0.717, 1.165) is 17.8 Å². The molecule has 11 nitrogen and oxygen atoms in total. The maximum atomic E-state index is 11.2. The molecule has 2 atom stereocenters. The fourth-order valence-corrected chi connectivity index (χ4v) is 3.06. The average molecular weight is 341 g/mol. The average Bonchev–Trinajstić information content (AvgIpc) is 2.94. The molecule has 1 fully saturated rings. The molecule has 1 aliphatic rings. The summed E-state index contributed by atoms with van der Waals surface area (Å²) in [7, 11) is 3.44. The number of thioether (sulfide) groups is 1. The SMILES string of the molecule is CN(C)C(=N)C1NNNC1Sc1ccc([N+](=O)[O-])cc1[N+](=O)[O-]. The molecule has 23 heavy (non-hydrogen) atoms. The first-order valence-electron chi connectivity index (χ1n) is 6.42. The lowest BCUT2D eigenvalue weighted by Crippen LogP contribution is -2.45. The second kappa shape index (κ2) is 6.87. The summed E-state index contributed by atoms with van der Waals surface area (Å²) in [5, 5.41) is 29.5. The van der Waals surface area contributed by atoms with Gasteiger partial charge in [0.25, 0.3) is 11.4 Å². The smallest absolute Gasteiger partial charge is 0.289 e. The monoisotopic (exact) mass is 341 g/mol. The lowest BCUT2D eigenvalue weighted by atomic mass is 10.2. The van der Waals surface area contributed by atoms with Crippen molar-refractivity contribution >= 4 is 29.0 Å². The molecule has 12 heteroatoms. The molecule has 1 aromatic carbocycles. The highest BCUT2D eigenvalue weighted by Gasteiger charge is 2.34. The summed E-state index contributed by atoms with van der Waals surface area (Å²) in [6, 6.07) is 3.07. The van der Waals surface area contributed by atoms with Gasteiger partial charge < -0.3 is 4.90 Å². The number of nitrogens with one attached hydrogen (secondary N) is 4. The van der Waals surface area contributed by atoms with E-state index in [1.165, 1.54) is 12.1 Å². The number of nitro benzene ring substituents is 2. The van der Waals surface area contributed by atoms with E-state index in [0.29, 0.717) is 0 Å².